The molecular weight excluding hydrogens is 242 g/mol. The van der Waals surface area contributed by atoms with Crippen molar-refractivity contribution >= 4 is 5.97 Å². The maximum atomic E-state index is 12.5. The van der Waals surface area contributed by atoms with Crippen molar-refractivity contribution in [1.29, 1.82) is 0 Å². The number of hydrogen-bond donors (Lipinski definition) is 1. The quantitative estimate of drug-likeness (QED) is 0.328. The van der Waals surface area contributed by atoms with Crippen LogP contribution >= 0.6 is 0 Å². The predicted octanol–water partition coefficient (Wildman–Crippen LogP) is 1.99. The Morgan fingerprint density at radius 1 is 1.47 bits per heavy atom. The monoisotopic (exact) mass is 257 g/mol. The van der Waals surface area contributed by atoms with E-state index in [0.29, 0.717) is 12.0 Å². The fourth-order valence-electron chi connectivity index (χ4n) is 1.01. The summed E-state index contributed by atoms with van der Waals surface area (Å²) in [6.07, 6.45) is -1.99. The zero-order valence-corrected chi connectivity index (χ0v) is 9.60. The third-order valence-electron chi connectivity index (χ3n) is 2.00. The molecule has 0 aliphatic heterocycles. The van der Waals surface area contributed by atoms with E-state index in [1.165, 1.54) is 13.2 Å². The average molecular weight is 257 g/mol. The highest BCUT2D eigenvalue weighted by Crippen LogP contribution is 2.21. The Kier molecular flexibility index (Phi) is 6.79. The zero-order chi connectivity index (χ0) is 13.5. The van der Waals surface area contributed by atoms with Crippen LogP contribution in [0.3, 0.4) is 0 Å². The van der Waals surface area contributed by atoms with E-state index < -0.39 is 24.9 Å². The van der Waals surface area contributed by atoms with Crippen molar-refractivity contribution in [3.8, 4) is 0 Å². The maximum Gasteiger partial charge on any atom is 0.333 e. The summed E-state index contributed by atoms with van der Waals surface area (Å²) in [7, 11) is 1.20. The molecule has 0 fully saturated rings. The van der Waals surface area contributed by atoms with Gasteiger partial charge in [-0.15, -0.1) is 0 Å². The van der Waals surface area contributed by atoms with Gasteiger partial charge in [-0.3, -0.25) is 0 Å². The second kappa shape index (κ2) is 7.26. The molecule has 1 N–H and O–H groups in total. The van der Waals surface area contributed by atoms with E-state index in [1.807, 2.05) is 0 Å². The van der Waals surface area contributed by atoms with Gasteiger partial charge in [0.05, 0.1) is 13.7 Å². The van der Waals surface area contributed by atoms with Crippen molar-refractivity contribution in [3.05, 3.63) is 11.6 Å². The summed E-state index contributed by atoms with van der Waals surface area (Å²) in [4.78, 5) is 11.1. The van der Waals surface area contributed by atoms with Gasteiger partial charge in [0.15, 0.2) is 0 Å². The molecular formula is C10H15F4NO2. The number of ether oxygens (including phenoxy) is 1. The minimum Gasteiger partial charge on any atom is -0.466 e. The second-order valence-electron chi connectivity index (χ2n) is 3.27. The number of esters is 1. The number of alkyl halides is 4. The Bertz CT molecular complexity index is 279. The molecule has 17 heavy (non-hydrogen) atoms. The van der Waals surface area contributed by atoms with Crippen LogP contribution in [0.25, 0.3) is 0 Å². The van der Waals surface area contributed by atoms with Crippen LogP contribution in [0, 0.1) is 0 Å². The normalized spacial score (nSPS) is 13.0. The minimum absolute atomic E-state index is 0.0966. The van der Waals surface area contributed by atoms with Crippen molar-refractivity contribution in [1.82, 2.24) is 5.32 Å². The van der Waals surface area contributed by atoms with Gasteiger partial charge in [-0.05, 0) is 6.42 Å². The number of nitrogens with one attached hydrogen (secondary N) is 1. The van der Waals surface area contributed by atoms with Crippen molar-refractivity contribution in [2.75, 3.05) is 20.2 Å². The van der Waals surface area contributed by atoms with Gasteiger partial charge in [-0.25, -0.2) is 13.6 Å². The molecule has 0 aromatic carbocycles. The van der Waals surface area contributed by atoms with Gasteiger partial charge < -0.3 is 10.1 Å². The van der Waals surface area contributed by atoms with E-state index in [1.54, 1.807) is 6.92 Å². The Hall–Kier alpha value is -1.11. The highest BCUT2D eigenvalue weighted by Gasteiger charge is 2.39. The number of carbonyl (C=O) groups excluding carboxylic acids is 1. The van der Waals surface area contributed by atoms with Crippen LogP contribution in [-0.4, -0.2) is 38.5 Å². The first-order valence-corrected chi connectivity index (χ1v) is 4.99. The number of carbonyl (C=O) groups is 1. The lowest BCUT2D eigenvalue weighted by Gasteiger charge is -2.15. The molecule has 3 nitrogen and oxygen atoms in total. The summed E-state index contributed by atoms with van der Waals surface area (Å²) in [5.41, 5.74) is 0.306. The fraction of sp³-hybridized carbons (Fsp3) is 0.700. The first-order valence-electron chi connectivity index (χ1n) is 4.99. The summed E-state index contributed by atoms with van der Waals surface area (Å²) in [6, 6.07) is 0. The first kappa shape index (κ1) is 15.9. The second-order valence-corrected chi connectivity index (χ2v) is 3.27. The number of halogens is 4. The molecule has 0 saturated heterocycles. The van der Waals surface area contributed by atoms with Crippen LogP contribution < -0.4 is 5.32 Å². The number of hydrogen-bond acceptors (Lipinski definition) is 3. The van der Waals surface area contributed by atoms with Crippen LogP contribution in [0.5, 0.6) is 0 Å². The van der Waals surface area contributed by atoms with Crippen LogP contribution in [0.4, 0.5) is 17.6 Å². The minimum atomic E-state index is -4.06. The average Bonchev–Trinajstić information content (AvgIpc) is 2.28. The van der Waals surface area contributed by atoms with E-state index in [0.717, 1.165) is 0 Å². The summed E-state index contributed by atoms with van der Waals surface area (Å²) in [5, 5.41) is 2.14. The molecule has 0 saturated carbocycles. The molecule has 0 spiro atoms. The molecule has 100 valence electrons. The fourth-order valence-corrected chi connectivity index (χ4v) is 1.01. The molecule has 0 aliphatic carbocycles. The molecule has 7 heteroatoms. The van der Waals surface area contributed by atoms with E-state index in [2.05, 4.69) is 10.1 Å². The molecule has 0 bridgehead atoms. The topological polar surface area (TPSA) is 38.3 Å². The smallest absolute Gasteiger partial charge is 0.333 e. The van der Waals surface area contributed by atoms with E-state index >= 15 is 0 Å². The van der Waals surface area contributed by atoms with Crippen molar-refractivity contribution in [2.45, 2.75) is 25.7 Å². The molecule has 0 radical (unpaired) electrons. The lowest BCUT2D eigenvalue weighted by molar-refractivity contribution is -0.136. The summed E-state index contributed by atoms with van der Waals surface area (Å²) < 4.78 is 52.9. The van der Waals surface area contributed by atoms with Gasteiger partial charge in [-0.1, -0.05) is 13.0 Å². The largest absolute Gasteiger partial charge is 0.466 e. The third kappa shape index (κ3) is 5.67. The highest BCUT2D eigenvalue weighted by molar-refractivity contribution is 5.88. The molecule has 0 rings (SSSR count). The van der Waals surface area contributed by atoms with E-state index in [-0.39, 0.29) is 6.54 Å². The summed E-state index contributed by atoms with van der Waals surface area (Å²) in [6.45, 7) is 0.455. The van der Waals surface area contributed by atoms with Crippen molar-refractivity contribution in [2.24, 2.45) is 0 Å². The lowest BCUT2D eigenvalue weighted by Crippen LogP contribution is -2.39. The lowest BCUT2D eigenvalue weighted by atomic mass is 10.2. The van der Waals surface area contributed by atoms with Gasteiger partial charge in [0, 0.05) is 12.1 Å². The first-order chi connectivity index (χ1) is 7.85. The molecule has 0 aliphatic rings. The van der Waals surface area contributed by atoms with Crippen molar-refractivity contribution in [3.63, 3.8) is 0 Å². The molecule has 0 aromatic rings. The Balaban J connectivity index is 4.13. The molecule has 0 heterocycles. The molecule has 0 atom stereocenters. The third-order valence-corrected chi connectivity index (χ3v) is 2.00. The number of rotatable bonds is 7. The van der Waals surface area contributed by atoms with Gasteiger partial charge >= 0.3 is 18.3 Å². The van der Waals surface area contributed by atoms with Gasteiger partial charge in [0.2, 0.25) is 0 Å². The Labute approximate surface area is 96.8 Å². The van der Waals surface area contributed by atoms with E-state index in [4.69, 9.17) is 0 Å². The highest BCUT2D eigenvalue weighted by atomic mass is 19.3. The van der Waals surface area contributed by atoms with Crippen molar-refractivity contribution < 1.29 is 27.1 Å². The van der Waals surface area contributed by atoms with E-state index in [9.17, 15) is 22.4 Å². The maximum absolute atomic E-state index is 12.5. The zero-order valence-electron chi connectivity index (χ0n) is 9.60. The van der Waals surface area contributed by atoms with Gasteiger partial charge in [-0.2, -0.15) is 8.78 Å². The SMILES string of the molecule is CCC(=CCNCC(F)(F)C(F)F)C(=O)OC. The summed E-state index contributed by atoms with van der Waals surface area (Å²) >= 11 is 0. The van der Waals surface area contributed by atoms with Crippen LogP contribution in [0.2, 0.25) is 0 Å². The van der Waals surface area contributed by atoms with Crippen LogP contribution in [0.15, 0.2) is 11.6 Å². The molecule has 0 amide bonds. The van der Waals surface area contributed by atoms with Crippen LogP contribution in [0.1, 0.15) is 13.3 Å². The Morgan fingerprint density at radius 3 is 2.47 bits per heavy atom. The Morgan fingerprint density at radius 2 is 2.06 bits per heavy atom. The molecule has 0 unspecified atom stereocenters. The standard InChI is InChI=1S/C10H15F4NO2/c1-3-7(8(16)17-2)4-5-15-6-10(13,14)9(11)12/h4,9,15H,3,5-6H2,1-2H3. The van der Waals surface area contributed by atoms with Gasteiger partial charge in [0.1, 0.15) is 0 Å². The van der Waals surface area contributed by atoms with Crippen LogP contribution in [-0.2, 0) is 9.53 Å². The number of methoxy groups -OCH3 is 1. The molecule has 0 aromatic heterocycles. The van der Waals surface area contributed by atoms with Gasteiger partial charge in [0.25, 0.3) is 0 Å². The predicted molar refractivity (Wildman–Crippen MR) is 54.2 cm³/mol. The summed E-state index contributed by atoms with van der Waals surface area (Å²) in [5.74, 6) is -4.62.